The van der Waals surface area contributed by atoms with Crippen molar-refractivity contribution < 1.29 is 13.2 Å². The van der Waals surface area contributed by atoms with E-state index in [4.69, 9.17) is 4.99 Å². The summed E-state index contributed by atoms with van der Waals surface area (Å²) in [6, 6.07) is 13.4. The molecule has 1 saturated heterocycles. The smallest absolute Gasteiger partial charge is 0.371 e. The largest absolute Gasteiger partial charge is 0.416 e. The third-order valence-electron chi connectivity index (χ3n) is 5.03. The van der Waals surface area contributed by atoms with Gasteiger partial charge in [-0.15, -0.1) is 0 Å². The van der Waals surface area contributed by atoms with E-state index in [0.29, 0.717) is 5.56 Å². The van der Waals surface area contributed by atoms with Crippen LogP contribution in [0.4, 0.5) is 24.5 Å². The Bertz CT molecular complexity index is 858. The van der Waals surface area contributed by atoms with Crippen LogP contribution >= 0.6 is 11.8 Å². The molecule has 2 aliphatic heterocycles. The van der Waals surface area contributed by atoms with E-state index in [-0.39, 0.29) is 12.1 Å². The van der Waals surface area contributed by atoms with Gasteiger partial charge in [0.1, 0.15) is 5.84 Å². The molecule has 2 aromatic rings. The van der Waals surface area contributed by atoms with Gasteiger partial charge < -0.3 is 10.6 Å². The van der Waals surface area contributed by atoms with Crippen LogP contribution in [-0.4, -0.2) is 22.9 Å². The number of nitrogens with zero attached hydrogens (tertiary/aromatic N) is 1. The number of fused-ring (bicyclic) bond motifs is 1. The minimum absolute atomic E-state index is 0.213. The zero-order chi connectivity index (χ0) is 18.9. The summed E-state index contributed by atoms with van der Waals surface area (Å²) in [6.07, 6.45) is -2.48. The fraction of sp³-hybridized carbons (Fsp3) is 0.350. The standard InChI is InChI=1S/C20H20F3N3S/c21-20(22,23)15-5-3-4-14(12-15)13-24-18-19(8-10-27-11-9-19)26-17-7-2-1-6-16(17)25-18/h1-7,12,26H,8-11,13H2,(H,24,25). The first kappa shape index (κ1) is 18.2. The predicted molar refractivity (Wildman–Crippen MR) is 106 cm³/mol. The number of thioether (sulfide) groups is 1. The number of benzene rings is 2. The van der Waals surface area contributed by atoms with E-state index in [1.807, 2.05) is 36.0 Å². The van der Waals surface area contributed by atoms with Crippen LogP contribution in [0.2, 0.25) is 0 Å². The minimum Gasteiger partial charge on any atom is -0.371 e. The van der Waals surface area contributed by atoms with Crippen molar-refractivity contribution in [3.63, 3.8) is 0 Å². The maximum absolute atomic E-state index is 13.0. The van der Waals surface area contributed by atoms with E-state index in [1.165, 1.54) is 12.1 Å². The first-order chi connectivity index (χ1) is 13.0. The number of para-hydroxylation sites is 2. The molecule has 0 saturated carbocycles. The van der Waals surface area contributed by atoms with Gasteiger partial charge in [-0.3, -0.25) is 4.99 Å². The maximum atomic E-state index is 13.0. The molecule has 0 radical (unpaired) electrons. The predicted octanol–water partition coefficient (Wildman–Crippen LogP) is 5.41. The molecule has 2 aliphatic rings. The van der Waals surface area contributed by atoms with E-state index in [0.717, 1.165) is 47.6 Å². The second-order valence-corrected chi connectivity index (χ2v) is 8.08. The molecule has 0 unspecified atom stereocenters. The van der Waals surface area contributed by atoms with Crippen LogP contribution in [0, 0.1) is 0 Å². The van der Waals surface area contributed by atoms with Gasteiger partial charge >= 0.3 is 6.18 Å². The number of rotatable bonds is 2. The zero-order valence-corrected chi connectivity index (χ0v) is 15.5. The third kappa shape index (κ3) is 3.78. The van der Waals surface area contributed by atoms with E-state index in [2.05, 4.69) is 10.6 Å². The number of alkyl halides is 3. The Hall–Kier alpha value is -2.15. The van der Waals surface area contributed by atoms with Crippen LogP contribution in [0.1, 0.15) is 24.0 Å². The van der Waals surface area contributed by atoms with E-state index in [1.54, 1.807) is 6.07 Å². The van der Waals surface area contributed by atoms with Crippen LogP contribution < -0.4 is 10.6 Å². The molecule has 0 atom stereocenters. The fourth-order valence-electron chi connectivity index (χ4n) is 3.55. The zero-order valence-electron chi connectivity index (χ0n) is 14.6. The highest BCUT2D eigenvalue weighted by Crippen LogP contribution is 2.39. The summed E-state index contributed by atoms with van der Waals surface area (Å²) in [7, 11) is 0. The molecule has 2 heterocycles. The maximum Gasteiger partial charge on any atom is 0.416 e. The molecule has 0 aromatic heterocycles. The molecule has 0 amide bonds. The Balaban J connectivity index is 1.64. The highest BCUT2D eigenvalue weighted by molar-refractivity contribution is 7.99. The molecular weight excluding hydrogens is 371 g/mol. The van der Waals surface area contributed by atoms with Crippen LogP contribution in [0.15, 0.2) is 53.5 Å². The lowest BCUT2D eigenvalue weighted by molar-refractivity contribution is -0.137. The molecule has 2 N–H and O–H groups in total. The molecular formula is C20H20F3N3S. The summed E-state index contributed by atoms with van der Waals surface area (Å²) >= 11 is 1.92. The average Bonchev–Trinajstić information content (AvgIpc) is 2.66. The molecule has 0 bridgehead atoms. The summed E-state index contributed by atoms with van der Waals surface area (Å²) in [5, 5.41) is 7.08. The monoisotopic (exact) mass is 391 g/mol. The van der Waals surface area contributed by atoms with Gasteiger partial charge in [0.15, 0.2) is 0 Å². The lowest BCUT2D eigenvalue weighted by atomic mass is 9.87. The molecule has 142 valence electrons. The highest BCUT2D eigenvalue weighted by Gasteiger charge is 2.41. The van der Waals surface area contributed by atoms with Gasteiger partial charge in [0.05, 0.1) is 29.0 Å². The third-order valence-corrected chi connectivity index (χ3v) is 6.01. The molecule has 2 aromatic carbocycles. The van der Waals surface area contributed by atoms with Crippen molar-refractivity contribution >= 4 is 29.0 Å². The van der Waals surface area contributed by atoms with Gasteiger partial charge in [-0.1, -0.05) is 24.3 Å². The van der Waals surface area contributed by atoms with Crippen molar-refractivity contribution in [2.24, 2.45) is 4.99 Å². The van der Waals surface area contributed by atoms with Gasteiger partial charge in [-0.25, -0.2) is 0 Å². The number of hydrogen-bond donors (Lipinski definition) is 2. The van der Waals surface area contributed by atoms with Crippen molar-refractivity contribution in [2.45, 2.75) is 31.1 Å². The lowest BCUT2D eigenvalue weighted by Gasteiger charge is -2.43. The summed E-state index contributed by atoms with van der Waals surface area (Å²) in [4.78, 5) is 4.72. The highest BCUT2D eigenvalue weighted by atomic mass is 32.2. The quantitative estimate of drug-likeness (QED) is 0.719. The van der Waals surface area contributed by atoms with Crippen molar-refractivity contribution in [3.8, 4) is 0 Å². The number of hydrogen-bond acceptors (Lipinski definition) is 3. The van der Waals surface area contributed by atoms with Crippen molar-refractivity contribution in [2.75, 3.05) is 22.1 Å². The summed E-state index contributed by atoms with van der Waals surface area (Å²) < 4.78 is 38.9. The number of anilines is 2. The van der Waals surface area contributed by atoms with E-state index >= 15 is 0 Å². The number of halogens is 3. The Morgan fingerprint density at radius 3 is 2.48 bits per heavy atom. The first-order valence-corrected chi connectivity index (χ1v) is 10.0. The Kier molecular flexibility index (Phi) is 4.80. The molecule has 7 heteroatoms. The van der Waals surface area contributed by atoms with Crippen LogP contribution in [0.25, 0.3) is 0 Å². The van der Waals surface area contributed by atoms with Gasteiger partial charge in [-0.2, -0.15) is 24.9 Å². The average molecular weight is 391 g/mol. The summed E-state index contributed by atoms with van der Waals surface area (Å²) in [5.74, 6) is 2.87. The summed E-state index contributed by atoms with van der Waals surface area (Å²) in [5.41, 5.74) is 1.63. The van der Waals surface area contributed by atoms with Crippen LogP contribution in [0.5, 0.6) is 0 Å². The lowest BCUT2D eigenvalue weighted by Crippen LogP contribution is -2.54. The van der Waals surface area contributed by atoms with Crippen LogP contribution in [-0.2, 0) is 12.7 Å². The summed E-state index contributed by atoms with van der Waals surface area (Å²) in [6.45, 7) is 0.213. The fourth-order valence-corrected chi connectivity index (χ4v) is 4.74. The first-order valence-electron chi connectivity index (χ1n) is 8.89. The Morgan fingerprint density at radius 1 is 1.00 bits per heavy atom. The Labute approximate surface area is 160 Å². The SMILES string of the molecule is FC(F)(F)c1cccc(CN=C2Nc3ccccc3NC23CCSCC3)c1. The second kappa shape index (κ2) is 7.11. The van der Waals surface area contributed by atoms with E-state index in [9.17, 15) is 13.2 Å². The molecule has 0 aliphatic carbocycles. The van der Waals surface area contributed by atoms with Crippen molar-refractivity contribution in [1.29, 1.82) is 0 Å². The molecule has 1 spiro atoms. The van der Waals surface area contributed by atoms with Gasteiger partial charge in [0.25, 0.3) is 0 Å². The van der Waals surface area contributed by atoms with Crippen LogP contribution in [0.3, 0.4) is 0 Å². The molecule has 1 fully saturated rings. The minimum atomic E-state index is -4.34. The van der Waals surface area contributed by atoms with Crippen molar-refractivity contribution in [1.82, 2.24) is 0 Å². The second-order valence-electron chi connectivity index (χ2n) is 6.85. The van der Waals surface area contributed by atoms with Gasteiger partial charge in [-0.05, 0) is 54.2 Å². The molecule has 4 rings (SSSR count). The topological polar surface area (TPSA) is 36.4 Å². The van der Waals surface area contributed by atoms with Gasteiger partial charge in [0, 0.05) is 0 Å². The van der Waals surface area contributed by atoms with E-state index < -0.39 is 11.7 Å². The Morgan fingerprint density at radius 2 is 1.74 bits per heavy atom. The number of nitrogens with one attached hydrogen (secondary N) is 2. The van der Waals surface area contributed by atoms with Crippen molar-refractivity contribution in [3.05, 3.63) is 59.7 Å². The normalized spacial score (nSPS) is 20.0. The molecule has 27 heavy (non-hydrogen) atoms. The molecule has 3 nitrogen and oxygen atoms in total. The number of aliphatic imine (C=N–C) groups is 1. The number of amidine groups is 1. The van der Waals surface area contributed by atoms with Gasteiger partial charge in [0.2, 0.25) is 0 Å².